The lowest BCUT2D eigenvalue weighted by atomic mass is 9.90. The Hall–Kier alpha value is -1.04. The second-order valence-corrected chi connectivity index (χ2v) is 7.24. The van der Waals surface area contributed by atoms with E-state index in [1.54, 1.807) is 6.26 Å². The number of esters is 1. The molecule has 142 valence electrons. The summed E-state index contributed by atoms with van der Waals surface area (Å²) in [5.41, 5.74) is 0. The van der Waals surface area contributed by atoms with Crippen molar-refractivity contribution in [3.63, 3.8) is 0 Å². The van der Waals surface area contributed by atoms with Gasteiger partial charge in [-0.25, -0.2) is 0 Å². The first-order valence-corrected chi connectivity index (χ1v) is 9.55. The molecule has 0 spiro atoms. The molecule has 5 nitrogen and oxygen atoms in total. The molecule has 0 saturated heterocycles. The monoisotopic (exact) mass is 372 g/mol. The van der Waals surface area contributed by atoms with Gasteiger partial charge in [0.2, 0.25) is 6.29 Å². The molecule has 1 fully saturated rings. The quantitative estimate of drug-likeness (QED) is 0.361. The summed E-state index contributed by atoms with van der Waals surface area (Å²) in [7, 11) is 1.42. The number of halogens is 1. The number of aliphatic hydroxyl groups excluding tert-OH is 1. The minimum Gasteiger partial charge on any atom is -0.469 e. The van der Waals surface area contributed by atoms with E-state index in [-0.39, 0.29) is 35.9 Å². The third-order valence-electron chi connectivity index (χ3n) is 5.04. The summed E-state index contributed by atoms with van der Waals surface area (Å²) in [5, 5.41) is 9.83. The summed E-state index contributed by atoms with van der Waals surface area (Å²) in [6.45, 7) is 0.0766. The average molecular weight is 373 g/mol. The molecule has 5 atom stereocenters. The SMILES string of the molecule is COC(=O)CCCCCC[C@H]1C(CO)[C@@H](O[C@H]2C=CC=CO2)C[C@@H]1Cl. The average Bonchev–Trinajstić information content (AvgIpc) is 2.92. The Balaban J connectivity index is 1.71. The molecule has 1 aliphatic heterocycles. The Kier molecular flexibility index (Phi) is 8.79. The molecule has 6 heteroatoms. The molecule has 0 bridgehead atoms. The summed E-state index contributed by atoms with van der Waals surface area (Å²) >= 11 is 6.54. The Morgan fingerprint density at radius 3 is 2.72 bits per heavy atom. The second kappa shape index (κ2) is 10.8. The molecule has 1 unspecified atom stereocenters. The van der Waals surface area contributed by atoms with Gasteiger partial charge in [-0.1, -0.05) is 25.3 Å². The summed E-state index contributed by atoms with van der Waals surface area (Å²) < 4.78 is 16.0. The smallest absolute Gasteiger partial charge is 0.305 e. The summed E-state index contributed by atoms with van der Waals surface area (Å²) in [5.74, 6) is 0.145. The molecule has 0 radical (unpaired) electrons. The van der Waals surface area contributed by atoms with E-state index in [1.807, 2.05) is 18.2 Å². The summed E-state index contributed by atoms with van der Waals surface area (Å²) in [4.78, 5) is 11.1. The van der Waals surface area contributed by atoms with Crippen LogP contribution < -0.4 is 0 Å². The number of carbonyl (C=O) groups is 1. The summed E-state index contributed by atoms with van der Waals surface area (Å²) in [6.07, 6.45) is 12.8. The maximum absolute atomic E-state index is 11.1. The van der Waals surface area contributed by atoms with E-state index in [4.69, 9.17) is 21.1 Å². The van der Waals surface area contributed by atoms with Crippen LogP contribution in [-0.4, -0.2) is 42.6 Å². The van der Waals surface area contributed by atoms with Crippen LogP contribution in [-0.2, 0) is 19.0 Å². The number of alkyl halides is 1. The maximum atomic E-state index is 11.1. The molecule has 1 heterocycles. The number of methoxy groups -OCH3 is 1. The molecule has 2 aliphatic rings. The number of carbonyl (C=O) groups excluding carboxylic acids is 1. The van der Waals surface area contributed by atoms with Gasteiger partial charge in [-0.3, -0.25) is 4.79 Å². The normalized spacial score (nSPS) is 31.1. The highest BCUT2D eigenvalue weighted by Gasteiger charge is 2.43. The summed E-state index contributed by atoms with van der Waals surface area (Å²) in [6, 6.07) is 0. The van der Waals surface area contributed by atoms with Crippen LogP contribution in [0.15, 0.2) is 24.5 Å². The van der Waals surface area contributed by atoms with Crippen LogP contribution in [0.1, 0.15) is 44.9 Å². The van der Waals surface area contributed by atoms with Gasteiger partial charge in [-0.2, -0.15) is 0 Å². The predicted molar refractivity (Wildman–Crippen MR) is 96.1 cm³/mol. The number of ether oxygens (including phenoxy) is 3. The van der Waals surface area contributed by atoms with Gasteiger partial charge in [0.25, 0.3) is 0 Å². The zero-order valence-electron chi connectivity index (χ0n) is 14.8. The number of rotatable bonds is 10. The van der Waals surface area contributed by atoms with Gasteiger partial charge < -0.3 is 19.3 Å². The first kappa shape index (κ1) is 20.3. The zero-order valence-corrected chi connectivity index (χ0v) is 15.6. The molecule has 1 N–H and O–H groups in total. The van der Waals surface area contributed by atoms with E-state index in [1.165, 1.54) is 7.11 Å². The minimum atomic E-state index is -0.398. The second-order valence-electron chi connectivity index (χ2n) is 6.68. The Bertz CT molecular complexity index is 465. The lowest BCUT2D eigenvalue weighted by Gasteiger charge is -2.26. The van der Waals surface area contributed by atoms with Crippen LogP contribution >= 0.6 is 11.6 Å². The highest BCUT2D eigenvalue weighted by atomic mass is 35.5. The van der Waals surface area contributed by atoms with E-state index in [2.05, 4.69) is 4.74 Å². The molecule has 0 aromatic heterocycles. The van der Waals surface area contributed by atoms with Gasteiger partial charge in [0.15, 0.2) is 0 Å². The fourth-order valence-electron chi connectivity index (χ4n) is 3.64. The molecule has 1 aliphatic carbocycles. The predicted octanol–water partition coefficient (Wildman–Crippen LogP) is 3.55. The third kappa shape index (κ3) is 6.32. The highest BCUT2D eigenvalue weighted by Crippen LogP contribution is 2.41. The minimum absolute atomic E-state index is 0.0142. The number of unbranched alkanes of at least 4 members (excludes halogenated alkanes) is 3. The van der Waals surface area contributed by atoms with Crippen molar-refractivity contribution in [1.82, 2.24) is 0 Å². The van der Waals surface area contributed by atoms with Crippen LogP contribution in [0.2, 0.25) is 0 Å². The highest BCUT2D eigenvalue weighted by molar-refractivity contribution is 6.21. The van der Waals surface area contributed by atoms with Crippen molar-refractivity contribution in [3.8, 4) is 0 Å². The van der Waals surface area contributed by atoms with Gasteiger partial charge in [-0.15, -0.1) is 11.6 Å². The molecule has 0 aromatic carbocycles. The van der Waals surface area contributed by atoms with Crippen LogP contribution in [0, 0.1) is 11.8 Å². The first-order chi connectivity index (χ1) is 12.2. The van der Waals surface area contributed by atoms with E-state index in [0.717, 1.165) is 38.5 Å². The van der Waals surface area contributed by atoms with Crippen molar-refractivity contribution < 1.29 is 24.1 Å². The van der Waals surface area contributed by atoms with Gasteiger partial charge in [-0.05, 0) is 37.3 Å². The van der Waals surface area contributed by atoms with Gasteiger partial charge in [0.05, 0.1) is 19.5 Å². The molecule has 0 aromatic rings. The number of allylic oxidation sites excluding steroid dienone is 2. The number of aliphatic hydroxyl groups is 1. The van der Waals surface area contributed by atoms with Crippen LogP contribution in [0.5, 0.6) is 0 Å². The first-order valence-electron chi connectivity index (χ1n) is 9.11. The Morgan fingerprint density at radius 1 is 1.24 bits per heavy atom. The lowest BCUT2D eigenvalue weighted by Crippen LogP contribution is -2.30. The van der Waals surface area contributed by atoms with Crippen LogP contribution in [0.25, 0.3) is 0 Å². The lowest BCUT2D eigenvalue weighted by molar-refractivity contribution is -0.140. The third-order valence-corrected chi connectivity index (χ3v) is 5.54. The van der Waals surface area contributed by atoms with E-state index >= 15 is 0 Å². The molecule has 0 amide bonds. The van der Waals surface area contributed by atoms with E-state index in [0.29, 0.717) is 6.42 Å². The van der Waals surface area contributed by atoms with Gasteiger partial charge in [0, 0.05) is 24.3 Å². The van der Waals surface area contributed by atoms with Gasteiger partial charge >= 0.3 is 5.97 Å². The fourth-order valence-corrected chi connectivity index (χ4v) is 4.13. The van der Waals surface area contributed by atoms with Crippen molar-refractivity contribution in [2.75, 3.05) is 13.7 Å². The van der Waals surface area contributed by atoms with Crippen molar-refractivity contribution in [2.24, 2.45) is 11.8 Å². The number of hydrogen-bond donors (Lipinski definition) is 1. The van der Waals surface area contributed by atoms with Crippen molar-refractivity contribution in [2.45, 2.75) is 62.7 Å². The molecule has 25 heavy (non-hydrogen) atoms. The molecule has 1 saturated carbocycles. The maximum Gasteiger partial charge on any atom is 0.305 e. The largest absolute Gasteiger partial charge is 0.469 e. The van der Waals surface area contributed by atoms with Crippen LogP contribution in [0.3, 0.4) is 0 Å². The Labute approximate surface area is 155 Å². The van der Waals surface area contributed by atoms with Crippen LogP contribution in [0.4, 0.5) is 0 Å². The standard InChI is InChI=1S/C19H29ClO5/c1-23-18(22)9-5-3-2-4-8-14-15(13-21)17(12-16(14)20)25-19-10-6-7-11-24-19/h6-7,10-11,14-17,19,21H,2-5,8-9,12-13H2,1H3/t14-,15?,16-,17-,19-/m0/s1. The van der Waals surface area contributed by atoms with Crippen molar-refractivity contribution >= 4 is 17.6 Å². The fraction of sp³-hybridized carbons (Fsp3) is 0.737. The zero-order chi connectivity index (χ0) is 18.1. The van der Waals surface area contributed by atoms with E-state index in [9.17, 15) is 9.90 Å². The Morgan fingerprint density at radius 2 is 2.04 bits per heavy atom. The topological polar surface area (TPSA) is 65.0 Å². The van der Waals surface area contributed by atoms with E-state index < -0.39 is 6.29 Å². The molecular weight excluding hydrogens is 344 g/mol. The number of hydrogen-bond acceptors (Lipinski definition) is 5. The molecule has 2 rings (SSSR count). The molecular formula is C19H29ClO5. The van der Waals surface area contributed by atoms with Crippen molar-refractivity contribution in [1.29, 1.82) is 0 Å². The van der Waals surface area contributed by atoms with Crippen molar-refractivity contribution in [3.05, 3.63) is 24.5 Å². The van der Waals surface area contributed by atoms with Gasteiger partial charge in [0.1, 0.15) is 0 Å².